The predicted octanol–water partition coefficient (Wildman–Crippen LogP) is 2.42. The summed E-state index contributed by atoms with van der Waals surface area (Å²) in [6, 6.07) is 3.12. The monoisotopic (exact) mass is 371 g/mol. The van der Waals surface area contributed by atoms with Crippen molar-refractivity contribution < 1.29 is 28.9 Å². The number of nitro benzene ring substituents is 2. The molecule has 1 amide bonds. The fourth-order valence-electron chi connectivity index (χ4n) is 1.74. The number of hydrogen-bond donors (Lipinski definition) is 1. The van der Waals surface area contributed by atoms with Crippen molar-refractivity contribution in [2.24, 2.45) is 0 Å². The third kappa shape index (κ3) is 7.75. The number of nitro groups is 2. The first kappa shape index (κ1) is 21.1. The highest BCUT2D eigenvalue weighted by Crippen LogP contribution is 2.30. The van der Waals surface area contributed by atoms with Crippen LogP contribution in [-0.2, 0) is 9.47 Å². The van der Waals surface area contributed by atoms with Gasteiger partial charge < -0.3 is 19.5 Å². The molecule has 0 unspecified atom stereocenters. The zero-order valence-electron chi connectivity index (χ0n) is 14.7. The Hall–Kier alpha value is -2.95. The highest BCUT2D eigenvalue weighted by Gasteiger charge is 2.20. The van der Waals surface area contributed by atoms with Crippen LogP contribution in [0, 0.1) is 20.2 Å². The van der Waals surface area contributed by atoms with Crippen LogP contribution in [0.2, 0.25) is 0 Å². The second-order valence-corrected chi connectivity index (χ2v) is 6.06. The smallest absolute Gasteiger partial charge is 0.407 e. The Morgan fingerprint density at radius 1 is 1.12 bits per heavy atom. The molecule has 0 saturated carbocycles. The molecule has 0 aliphatic heterocycles. The number of rotatable bonds is 9. The lowest BCUT2D eigenvalue weighted by Gasteiger charge is -2.19. The van der Waals surface area contributed by atoms with E-state index in [0.717, 1.165) is 12.1 Å². The molecule has 11 nitrogen and oxygen atoms in total. The average molecular weight is 371 g/mol. The number of carbonyl (C=O) groups is 1. The number of amides is 1. The highest BCUT2D eigenvalue weighted by molar-refractivity contribution is 5.67. The van der Waals surface area contributed by atoms with Crippen LogP contribution in [0.5, 0.6) is 5.75 Å². The van der Waals surface area contributed by atoms with Gasteiger partial charge in [-0.05, 0) is 26.8 Å². The molecule has 1 rings (SSSR count). The highest BCUT2D eigenvalue weighted by atomic mass is 16.6. The van der Waals surface area contributed by atoms with Gasteiger partial charge in [-0.3, -0.25) is 20.2 Å². The summed E-state index contributed by atoms with van der Waals surface area (Å²) in [6.45, 7) is 5.79. The van der Waals surface area contributed by atoms with Gasteiger partial charge in [0.15, 0.2) is 5.75 Å². The van der Waals surface area contributed by atoms with Gasteiger partial charge in [-0.2, -0.15) is 0 Å². The topological polar surface area (TPSA) is 143 Å². The van der Waals surface area contributed by atoms with Gasteiger partial charge in [0, 0.05) is 12.6 Å². The number of nitrogens with zero attached hydrogens (tertiary/aromatic N) is 2. The minimum absolute atomic E-state index is 0.00505. The molecule has 11 heteroatoms. The quantitative estimate of drug-likeness (QED) is 0.396. The molecule has 0 atom stereocenters. The molecule has 0 aromatic heterocycles. The summed E-state index contributed by atoms with van der Waals surface area (Å²) in [7, 11) is 0. The van der Waals surface area contributed by atoms with Crippen LogP contribution in [0.15, 0.2) is 18.2 Å². The van der Waals surface area contributed by atoms with E-state index in [-0.39, 0.29) is 32.1 Å². The SMILES string of the molecule is CC(C)(C)OC(=O)NCCOCCOc1ccc([N+](=O)[O-])cc1[N+](=O)[O-]. The third-order valence-corrected chi connectivity index (χ3v) is 2.75. The van der Waals surface area contributed by atoms with E-state index in [1.807, 2.05) is 0 Å². The van der Waals surface area contributed by atoms with Crippen LogP contribution >= 0.6 is 0 Å². The van der Waals surface area contributed by atoms with Crippen molar-refractivity contribution in [1.82, 2.24) is 5.32 Å². The Kier molecular flexibility index (Phi) is 7.72. The predicted molar refractivity (Wildman–Crippen MR) is 90.3 cm³/mol. The summed E-state index contributed by atoms with van der Waals surface area (Å²) < 4.78 is 15.5. The number of ether oxygens (including phenoxy) is 3. The molecular weight excluding hydrogens is 350 g/mol. The van der Waals surface area contributed by atoms with Crippen LogP contribution in [0.3, 0.4) is 0 Å². The lowest BCUT2D eigenvalue weighted by molar-refractivity contribution is -0.394. The van der Waals surface area contributed by atoms with Crippen LogP contribution in [0.25, 0.3) is 0 Å². The second kappa shape index (κ2) is 9.51. The molecule has 0 radical (unpaired) electrons. The summed E-state index contributed by atoms with van der Waals surface area (Å²) in [5.74, 6) is -0.0870. The van der Waals surface area contributed by atoms with Gasteiger partial charge in [-0.25, -0.2) is 4.79 Å². The first-order valence-electron chi connectivity index (χ1n) is 7.70. The van der Waals surface area contributed by atoms with Gasteiger partial charge in [0.2, 0.25) is 0 Å². The van der Waals surface area contributed by atoms with Gasteiger partial charge in [0.1, 0.15) is 12.2 Å². The van der Waals surface area contributed by atoms with Crippen LogP contribution in [0.1, 0.15) is 20.8 Å². The number of nitrogens with one attached hydrogen (secondary N) is 1. The summed E-state index contributed by atoms with van der Waals surface area (Å²) in [4.78, 5) is 31.5. The maximum atomic E-state index is 11.4. The maximum absolute atomic E-state index is 11.4. The van der Waals surface area contributed by atoms with Gasteiger partial charge in [-0.1, -0.05) is 0 Å². The largest absolute Gasteiger partial charge is 0.484 e. The Labute approximate surface area is 149 Å². The van der Waals surface area contributed by atoms with Gasteiger partial charge >= 0.3 is 11.8 Å². The Morgan fingerprint density at radius 2 is 1.81 bits per heavy atom. The molecule has 0 spiro atoms. The standard InChI is InChI=1S/C15H21N3O8/c1-15(2,3)26-14(19)16-6-7-24-8-9-25-13-5-4-11(17(20)21)10-12(13)18(22)23/h4-5,10H,6-9H2,1-3H3,(H,16,19). The molecule has 0 fully saturated rings. The van der Waals surface area contributed by atoms with E-state index in [1.54, 1.807) is 20.8 Å². The first-order chi connectivity index (χ1) is 12.1. The fourth-order valence-corrected chi connectivity index (χ4v) is 1.74. The average Bonchev–Trinajstić information content (AvgIpc) is 2.52. The fraction of sp³-hybridized carbons (Fsp3) is 0.533. The van der Waals surface area contributed by atoms with Crippen LogP contribution < -0.4 is 10.1 Å². The van der Waals surface area contributed by atoms with Gasteiger partial charge in [0.05, 0.1) is 29.1 Å². The van der Waals surface area contributed by atoms with E-state index in [9.17, 15) is 25.0 Å². The van der Waals surface area contributed by atoms with Crippen molar-refractivity contribution in [2.45, 2.75) is 26.4 Å². The molecule has 1 N–H and O–H groups in total. The van der Waals surface area contributed by atoms with Crippen molar-refractivity contribution in [3.05, 3.63) is 38.4 Å². The van der Waals surface area contributed by atoms with Crippen LogP contribution in [0.4, 0.5) is 16.2 Å². The van der Waals surface area contributed by atoms with E-state index < -0.39 is 32.9 Å². The lowest BCUT2D eigenvalue weighted by atomic mass is 10.2. The zero-order chi connectivity index (χ0) is 19.7. The van der Waals surface area contributed by atoms with E-state index in [4.69, 9.17) is 14.2 Å². The molecule has 0 aliphatic carbocycles. The first-order valence-corrected chi connectivity index (χ1v) is 7.70. The number of alkyl carbamates (subject to hydrolysis) is 1. The molecule has 1 aromatic carbocycles. The van der Waals surface area contributed by atoms with Gasteiger partial charge in [0.25, 0.3) is 5.69 Å². The molecule has 1 aromatic rings. The number of non-ortho nitro benzene ring substituents is 1. The van der Waals surface area contributed by atoms with Gasteiger partial charge in [-0.15, -0.1) is 0 Å². The Morgan fingerprint density at radius 3 is 2.38 bits per heavy atom. The Bertz CT molecular complexity index is 657. The van der Waals surface area contributed by atoms with Crippen molar-refractivity contribution in [1.29, 1.82) is 0 Å². The van der Waals surface area contributed by atoms with E-state index in [2.05, 4.69) is 5.32 Å². The molecule has 0 bridgehead atoms. The minimum Gasteiger partial charge on any atom is -0.484 e. The normalized spacial score (nSPS) is 10.9. The summed E-state index contributed by atoms with van der Waals surface area (Å²) in [6.07, 6.45) is -0.557. The van der Waals surface area contributed by atoms with Crippen molar-refractivity contribution in [3.63, 3.8) is 0 Å². The van der Waals surface area contributed by atoms with Crippen molar-refractivity contribution in [3.8, 4) is 5.75 Å². The van der Waals surface area contributed by atoms with E-state index >= 15 is 0 Å². The summed E-state index contributed by atoms with van der Waals surface area (Å²) >= 11 is 0. The molecule has 0 heterocycles. The van der Waals surface area contributed by atoms with E-state index in [1.165, 1.54) is 6.07 Å². The second-order valence-electron chi connectivity index (χ2n) is 6.06. The maximum Gasteiger partial charge on any atom is 0.407 e. The van der Waals surface area contributed by atoms with E-state index in [0.29, 0.717) is 0 Å². The molecule has 144 valence electrons. The van der Waals surface area contributed by atoms with Crippen molar-refractivity contribution in [2.75, 3.05) is 26.4 Å². The minimum atomic E-state index is -0.756. The third-order valence-electron chi connectivity index (χ3n) is 2.75. The number of benzene rings is 1. The lowest BCUT2D eigenvalue weighted by Crippen LogP contribution is -2.34. The van der Waals surface area contributed by atoms with Crippen LogP contribution in [-0.4, -0.2) is 47.9 Å². The summed E-state index contributed by atoms with van der Waals surface area (Å²) in [5.41, 5.74) is -1.47. The molecule has 0 aliphatic rings. The van der Waals surface area contributed by atoms with Crippen molar-refractivity contribution >= 4 is 17.5 Å². The molecular formula is C15H21N3O8. The summed E-state index contributed by atoms with van der Waals surface area (Å²) in [5, 5.41) is 24.1. The molecule has 26 heavy (non-hydrogen) atoms. The Balaban J connectivity index is 2.33. The number of carbonyl (C=O) groups excluding carboxylic acids is 1. The zero-order valence-corrected chi connectivity index (χ0v) is 14.7. The molecule has 0 saturated heterocycles. The number of hydrogen-bond acceptors (Lipinski definition) is 8.